The molecule has 0 aromatic heterocycles. The molecule has 1 heteroatoms. The zero-order chi connectivity index (χ0) is 10.1. The molecule has 15 heavy (non-hydrogen) atoms. The fraction of sp³-hybridized carbons (Fsp3) is 0.571. The minimum atomic E-state index is 0.449. The SMILES string of the molecule is c1ccc(CC23CCCC(CC2)N3)cc1. The van der Waals surface area contributed by atoms with Crippen molar-refractivity contribution in [2.45, 2.75) is 50.1 Å². The molecule has 2 aliphatic heterocycles. The van der Waals surface area contributed by atoms with Crippen molar-refractivity contribution in [1.29, 1.82) is 0 Å². The number of fused-ring (bicyclic) bond motifs is 2. The highest BCUT2D eigenvalue weighted by Crippen LogP contribution is 2.37. The molecule has 2 bridgehead atoms. The van der Waals surface area contributed by atoms with Gasteiger partial charge in [0, 0.05) is 11.6 Å². The van der Waals surface area contributed by atoms with E-state index in [9.17, 15) is 0 Å². The van der Waals surface area contributed by atoms with Gasteiger partial charge >= 0.3 is 0 Å². The monoisotopic (exact) mass is 201 g/mol. The van der Waals surface area contributed by atoms with Crippen LogP contribution in [0.3, 0.4) is 0 Å². The first-order valence-corrected chi connectivity index (χ1v) is 6.18. The van der Waals surface area contributed by atoms with E-state index in [4.69, 9.17) is 0 Å². The van der Waals surface area contributed by atoms with Crippen LogP contribution in [-0.4, -0.2) is 11.6 Å². The topological polar surface area (TPSA) is 12.0 Å². The van der Waals surface area contributed by atoms with Gasteiger partial charge in [0.05, 0.1) is 0 Å². The molecule has 0 spiro atoms. The van der Waals surface area contributed by atoms with Crippen LogP contribution in [0.5, 0.6) is 0 Å². The Kier molecular flexibility index (Phi) is 2.28. The third-order valence-electron chi connectivity index (χ3n) is 4.07. The molecular formula is C14H19N. The highest BCUT2D eigenvalue weighted by Gasteiger charge is 2.40. The maximum Gasteiger partial charge on any atom is 0.0225 e. The number of hydrogen-bond donors (Lipinski definition) is 1. The lowest BCUT2D eigenvalue weighted by molar-refractivity contribution is 0.274. The second-order valence-electron chi connectivity index (χ2n) is 5.21. The number of nitrogens with one attached hydrogen (secondary N) is 1. The maximum absolute atomic E-state index is 3.85. The van der Waals surface area contributed by atoms with Crippen LogP contribution in [0.2, 0.25) is 0 Å². The van der Waals surface area contributed by atoms with E-state index >= 15 is 0 Å². The molecule has 0 amide bonds. The minimum Gasteiger partial charge on any atom is -0.308 e. The van der Waals surface area contributed by atoms with Gasteiger partial charge in [-0.2, -0.15) is 0 Å². The number of piperidine rings is 1. The minimum absolute atomic E-state index is 0.449. The molecule has 0 saturated carbocycles. The quantitative estimate of drug-likeness (QED) is 0.775. The molecule has 2 atom stereocenters. The molecule has 3 rings (SSSR count). The van der Waals surface area contributed by atoms with Gasteiger partial charge in [-0.25, -0.2) is 0 Å². The van der Waals surface area contributed by atoms with Crippen molar-refractivity contribution in [3.8, 4) is 0 Å². The predicted octanol–water partition coefficient (Wildman–Crippen LogP) is 2.90. The van der Waals surface area contributed by atoms with Gasteiger partial charge < -0.3 is 5.32 Å². The Morgan fingerprint density at radius 3 is 2.87 bits per heavy atom. The largest absolute Gasteiger partial charge is 0.308 e. The molecule has 1 nitrogen and oxygen atoms in total. The van der Waals surface area contributed by atoms with E-state index in [0.29, 0.717) is 5.54 Å². The zero-order valence-electron chi connectivity index (χ0n) is 9.21. The van der Waals surface area contributed by atoms with Crippen LogP contribution in [0.1, 0.15) is 37.7 Å². The van der Waals surface area contributed by atoms with Gasteiger partial charge in [0.1, 0.15) is 0 Å². The van der Waals surface area contributed by atoms with E-state index in [-0.39, 0.29) is 0 Å². The van der Waals surface area contributed by atoms with Crippen molar-refractivity contribution in [3.63, 3.8) is 0 Å². The van der Waals surface area contributed by atoms with Gasteiger partial charge in [0.25, 0.3) is 0 Å². The molecule has 1 N–H and O–H groups in total. The third kappa shape index (κ3) is 1.81. The van der Waals surface area contributed by atoms with Crippen LogP contribution in [0.15, 0.2) is 30.3 Å². The van der Waals surface area contributed by atoms with Gasteiger partial charge in [-0.15, -0.1) is 0 Å². The average molecular weight is 201 g/mol. The molecule has 2 fully saturated rings. The van der Waals surface area contributed by atoms with Gasteiger partial charge in [-0.1, -0.05) is 36.8 Å². The standard InChI is InChI=1S/C14H19N/c1-2-5-12(6-3-1)11-14-9-4-7-13(15-14)8-10-14/h1-3,5-6,13,15H,4,7-11H2. The van der Waals surface area contributed by atoms with Gasteiger partial charge in [-0.3, -0.25) is 0 Å². The lowest BCUT2D eigenvalue weighted by Crippen LogP contribution is -2.47. The van der Waals surface area contributed by atoms with Crippen LogP contribution < -0.4 is 5.32 Å². The molecule has 1 aromatic rings. The fourth-order valence-electron chi connectivity index (χ4n) is 3.34. The Labute approximate surface area is 91.9 Å². The summed E-state index contributed by atoms with van der Waals surface area (Å²) in [4.78, 5) is 0. The molecule has 0 radical (unpaired) electrons. The van der Waals surface area contributed by atoms with E-state index in [0.717, 1.165) is 6.04 Å². The van der Waals surface area contributed by atoms with Crippen molar-refractivity contribution in [2.75, 3.05) is 0 Å². The van der Waals surface area contributed by atoms with Crippen LogP contribution >= 0.6 is 0 Å². The van der Waals surface area contributed by atoms with E-state index in [1.54, 1.807) is 0 Å². The Hall–Kier alpha value is -0.820. The zero-order valence-corrected chi connectivity index (χ0v) is 9.21. The lowest BCUT2D eigenvalue weighted by atomic mass is 9.84. The van der Waals surface area contributed by atoms with E-state index in [2.05, 4.69) is 35.6 Å². The highest BCUT2D eigenvalue weighted by atomic mass is 15.1. The smallest absolute Gasteiger partial charge is 0.0225 e. The number of rotatable bonds is 2. The summed E-state index contributed by atoms with van der Waals surface area (Å²) in [5.74, 6) is 0. The van der Waals surface area contributed by atoms with Crippen molar-refractivity contribution in [3.05, 3.63) is 35.9 Å². The van der Waals surface area contributed by atoms with Crippen molar-refractivity contribution in [2.24, 2.45) is 0 Å². The molecular weight excluding hydrogens is 182 g/mol. The van der Waals surface area contributed by atoms with Crippen LogP contribution in [-0.2, 0) is 6.42 Å². The summed E-state index contributed by atoms with van der Waals surface area (Å²) in [5.41, 5.74) is 1.94. The van der Waals surface area contributed by atoms with Crippen molar-refractivity contribution >= 4 is 0 Å². The van der Waals surface area contributed by atoms with Crippen LogP contribution in [0, 0.1) is 0 Å². The van der Waals surface area contributed by atoms with E-state index in [1.165, 1.54) is 44.1 Å². The first-order chi connectivity index (χ1) is 7.36. The second kappa shape index (κ2) is 3.64. The summed E-state index contributed by atoms with van der Waals surface area (Å²) < 4.78 is 0. The average Bonchev–Trinajstić information content (AvgIpc) is 2.55. The van der Waals surface area contributed by atoms with Crippen LogP contribution in [0.4, 0.5) is 0 Å². The summed E-state index contributed by atoms with van der Waals surface area (Å²) in [7, 11) is 0. The van der Waals surface area contributed by atoms with Gasteiger partial charge in [0.2, 0.25) is 0 Å². The normalized spacial score (nSPS) is 34.3. The first-order valence-electron chi connectivity index (χ1n) is 6.18. The Bertz CT molecular complexity index is 328. The summed E-state index contributed by atoms with van der Waals surface area (Å²) in [6.45, 7) is 0. The second-order valence-corrected chi connectivity index (χ2v) is 5.21. The summed E-state index contributed by atoms with van der Waals surface area (Å²) in [6.07, 6.45) is 8.20. The van der Waals surface area contributed by atoms with Gasteiger partial charge in [-0.05, 0) is 37.7 Å². The molecule has 80 valence electrons. The molecule has 2 saturated heterocycles. The summed E-state index contributed by atoms with van der Waals surface area (Å²) in [5, 5.41) is 3.85. The maximum atomic E-state index is 3.85. The predicted molar refractivity (Wildman–Crippen MR) is 62.9 cm³/mol. The Morgan fingerprint density at radius 1 is 1.13 bits per heavy atom. The Morgan fingerprint density at radius 2 is 2.00 bits per heavy atom. The third-order valence-corrected chi connectivity index (χ3v) is 4.07. The molecule has 0 aliphatic carbocycles. The molecule has 2 heterocycles. The Balaban J connectivity index is 1.77. The fourth-order valence-corrected chi connectivity index (χ4v) is 3.34. The molecule has 2 aliphatic rings. The van der Waals surface area contributed by atoms with Crippen molar-refractivity contribution in [1.82, 2.24) is 5.32 Å². The van der Waals surface area contributed by atoms with E-state index in [1.807, 2.05) is 0 Å². The first kappa shape index (κ1) is 9.41. The highest BCUT2D eigenvalue weighted by molar-refractivity contribution is 5.19. The van der Waals surface area contributed by atoms with Crippen molar-refractivity contribution < 1.29 is 0 Å². The number of benzene rings is 1. The summed E-state index contributed by atoms with van der Waals surface area (Å²) in [6, 6.07) is 11.8. The van der Waals surface area contributed by atoms with Gasteiger partial charge in [0.15, 0.2) is 0 Å². The lowest BCUT2D eigenvalue weighted by Gasteiger charge is -2.35. The molecule has 1 aromatic carbocycles. The summed E-state index contributed by atoms with van der Waals surface area (Å²) >= 11 is 0. The molecule has 2 unspecified atom stereocenters. The van der Waals surface area contributed by atoms with Crippen LogP contribution in [0.25, 0.3) is 0 Å². The number of hydrogen-bond acceptors (Lipinski definition) is 1. The van der Waals surface area contributed by atoms with E-state index < -0.39 is 0 Å².